The lowest BCUT2D eigenvalue weighted by molar-refractivity contribution is 0.636. The lowest BCUT2D eigenvalue weighted by Crippen LogP contribution is -2.11. The SMILES string of the molecule is CN(C)c1nn(CCC#N)c(N)c1C#N. The predicted molar refractivity (Wildman–Crippen MR) is 55.9 cm³/mol. The summed E-state index contributed by atoms with van der Waals surface area (Å²) in [6.45, 7) is 0.408. The van der Waals surface area contributed by atoms with Crippen molar-refractivity contribution in [2.24, 2.45) is 0 Å². The molecule has 0 spiro atoms. The van der Waals surface area contributed by atoms with Crippen molar-refractivity contribution in [2.75, 3.05) is 24.7 Å². The summed E-state index contributed by atoms with van der Waals surface area (Å²) in [6.07, 6.45) is 0.323. The smallest absolute Gasteiger partial charge is 0.170 e. The third-order valence-corrected chi connectivity index (χ3v) is 1.94. The maximum atomic E-state index is 8.91. The van der Waals surface area contributed by atoms with Gasteiger partial charge in [0.15, 0.2) is 5.82 Å². The normalized spacial score (nSPS) is 9.33. The maximum Gasteiger partial charge on any atom is 0.170 e. The second-order valence-electron chi connectivity index (χ2n) is 3.22. The minimum Gasteiger partial charge on any atom is -0.383 e. The van der Waals surface area contributed by atoms with Gasteiger partial charge < -0.3 is 10.6 Å². The van der Waals surface area contributed by atoms with Gasteiger partial charge in [-0.1, -0.05) is 0 Å². The summed E-state index contributed by atoms with van der Waals surface area (Å²) in [6, 6.07) is 4.02. The van der Waals surface area contributed by atoms with E-state index >= 15 is 0 Å². The standard InChI is InChI=1S/C9H12N6/c1-14(2)9-7(6-11)8(12)15(13-9)5-3-4-10/h3,5,12H2,1-2H3. The van der Waals surface area contributed by atoms with E-state index in [-0.39, 0.29) is 0 Å². The summed E-state index contributed by atoms with van der Waals surface area (Å²) < 4.78 is 1.48. The first-order valence-corrected chi connectivity index (χ1v) is 4.42. The van der Waals surface area contributed by atoms with E-state index in [1.165, 1.54) is 4.68 Å². The number of hydrogen-bond donors (Lipinski definition) is 1. The van der Waals surface area contributed by atoms with Crippen molar-refractivity contribution in [2.45, 2.75) is 13.0 Å². The van der Waals surface area contributed by atoms with Crippen LogP contribution in [-0.2, 0) is 6.54 Å². The largest absolute Gasteiger partial charge is 0.383 e. The average Bonchev–Trinajstić information content (AvgIpc) is 2.52. The van der Waals surface area contributed by atoms with Crippen LogP contribution in [0.15, 0.2) is 0 Å². The van der Waals surface area contributed by atoms with Gasteiger partial charge in [-0.05, 0) is 0 Å². The van der Waals surface area contributed by atoms with Crippen LogP contribution in [0.1, 0.15) is 12.0 Å². The van der Waals surface area contributed by atoms with Crippen molar-refractivity contribution in [3.8, 4) is 12.1 Å². The zero-order chi connectivity index (χ0) is 11.4. The van der Waals surface area contributed by atoms with Gasteiger partial charge >= 0.3 is 0 Å². The molecule has 1 heterocycles. The Kier molecular flexibility index (Phi) is 3.14. The molecule has 0 atom stereocenters. The third kappa shape index (κ3) is 2.00. The number of hydrogen-bond acceptors (Lipinski definition) is 5. The molecular formula is C9H12N6. The third-order valence-electron chi connectivity index (χ3n) is 1.94. The molecule has 6 heteroatoms. The number of aryl methyl sites for hydroxylation is 1. The van der Waals surface area contributed by atoms with Gasteiger partial charge in [0.05, 0.1) is 19.0 Å². The van der Waals surface area contributed by atoms with E-state index in [9.17, 15) is 0 Å². The summed E-state index contributed by atoms with van der Waals surface area (Å²) in [7, 11) is 3.58. The highest BCUT2D eigenvalue weighted by Crippen LogP contribution is 2.22. The molecule has 0 aliphatic rings. The van der Waals surface area contributed by atoms with E-state index in [4.69, 9.17) is 16.3 Å². The predicted octanol–water partition coefficient (Wildman–Crippen LogP) is 0.317. The van der Waals surface area contributed by atoms with Crippen LogP contribution in [0.4, 0.5) is 11.6 Å². The second-order valence-corrected chi connectivity index (χ2v) is 3.22. The van der Waals surface area contributed by atoms with Crippen LogP contribution >= 0.6 is 0 Å². The van der Waals surface area contributed by atoms with Gasteiger partial charge in [-0.25, -0.2) is 4.68 Å². The lowest BCUT2D eigenvalue weighted by atomic mass is 10.3. The summed E-state index contributed by atoms with van der Waals surface area (Å²) in [5.74, 6) is 0.851. The molecule has 0 aliphatic heterocycles. The molecule has 0 radical (unpaired) electrons. The van der Waals surface area contributed by atoms with Crippen LogP contribution in [0.25, 0.3) is 0 Å². The van der Waals surface area contributed by atoms with Crippen LogP contribution in [0, 0.1) is 22.7 Å². The molecule has 15 heavy (non-hydrogen) atoms. The van der Waals surface area contributed by atoms with Crippen molar-refractivity contribution < 1.29 is 0 Å². The van der Waals surface area contributed by atoms with E-state index in [2.05, 4.69) is 5.10 Å². The zero-order valence-corrected chi connectivity index (χ0v) is 8.73. The molecule has 6 nitrogen and oxygen atoms in total. The molecule has 2 N–H and O–H groups in total. The fourth-order valence-electron chi connectivity index (χ4n) is 1.21. The molecule has 0 bridgehead atoms. The van der Waals surface area contributed by atoms with Crippen molar-refractivity contribution >= 4 is 11.6 Å². The highest BCUT2D eigenvalue weighted by molar-refractivity contribution is 5.64. The number of nitrogens with two attached hydrogens (primary N) is 1. The lowest BCUT2D eigenvalue weighted by Gasteiger charge is -2.07. The number of nitrogens with zero attached hydrogens (tertiary/aromatic N) is 5. The Hall–Kier alpha value is -2.21. The number of rotatable bonds is 3. The monoisotopic (exact) mass is 204 g/mol. The Labute approximate surface area is 88.1 Å². The zero-order valence-electron chi connectivity index (χ0n) is 8.73. The second kappa shape index (κ2) is 4.34. The van der Waals surface area contributed by atoms with E-state index in [0.717, 1.165) is 0 Å². The first-order valence-electron chi connectivity index (χ1n) is 4.42. The Balaban J connectivity index is 3.12. The van der Waals surface area contributed by atoms with Gasteiger partial charge in [0.2, 0.25) is 0 Å². The number of nitrogen functional groups attached to an aromatic ring is 1. The first-order chi connectivity index (χ1) is 7.11. The summed E-state index contributed by atoms with van der Waals surface area (Å²) in [4.78, 5) is 1.72. The van der Waals surface area contributed by atoms with Gasteiger partial charge in [-0.15, -0.1) is 0 Å². The molecule has 0 aromatic carbocycles. The first kappa shape index (κ1) is 10.9. The van der Waals surface area contributed by atoms with Crippen molar-refractivity contribution in [1.82, 2.24) is 9.78 Å². The summed E-state index contributed by atoms with van der Waals surface area (Å²) >= 11 is 0. The highest BCUT2D eigenvalue weighted by atomic mass is 15.4. The molecule has 78 valence electrons. The van der Waals surface area contributed by atoms with E-state index < -0.39 is 0 Å². The molecule has 0 saturated carbocycles. The molecule has 0 saturated heterocycles. The Morgan fingerprint density at radius 3 is 2.53 bits per heavy atom. The van der Waals surface area contributed by atoms with Gasteiger partial charge in [0.25, 0.3) is 0 Å². The van der Waals surface area contributed by atoms with E-state index in [1.807, 2.05) is 12.1 Å². The molecule has 0 unspecified atom stereocenters. The van der Waals surface area contributed by atoms with Crippen LogP contribution in [-0.4, -0.2) is 23.9 Å². The summed E-state index contributed by atoms with van der Waals surface area (Å²) in [5, 5.41) is 21.5. The quantitative estimate of drug-likeness (QED) is 0.764. The van der Waals surface area contributed by atoms with Crippen LogP contribution < -0.4 is 10.6 Å². The number of nitriles is 2. The summed E-state index contributed by atoms with van der Waals surface area (Å²) in [5.41, 5.74) is 6.09. The number of aromatic nitrogens is 2. The Morgan fingerprint density at radius 1 is 1.47 bits per heavy atom. The molecule has 1 rings (SSSR count). The molecule has 0 aliphatic carbocycles. The Morgan fingerprint density at radius 2 is 2.13 bits per heavy atom. The molecule has 1 aromatic heterocycles. The molecule has 1 aromatic rings. The van der Waals surface area contributed by atoms with Crippen molar-refractivity contribution in [1.29, 1.82) is 10.5 Å². The average molecular weight is 204 g/mol. The van der Waals surface area contributed by atoms with Crippen LogP contribution in [0.5, 0.6) is 0 Å². The van der Waals surface area contributed by atoms with Crippen LogP contribution in [0.3, 0.4) is 0 Å². The fourth-order valence-corrected chi connectivity index (χ4v) is 1.21. The molecular weight excluding hydrogens is 192 g/mol. The van der Waals surface area contributed by atoms with Gasteiger partial charge in [0.1, 0.15) is 17.5 Å². The van der Waals surface area contributed by atoms with Gasteiger partial charge in [-0.2, -0.15) is 15.6 Å². The minimum absolute atomic E-state index is 0.316. The maximum absolute atomic E-state index is 8.91. The molecule has 0 fully saturated rings. The van der Waals surface area contributed by atoms with Gasteiger partial charge in [0, 0.05) is 14.1 Å². The Bertz CT molecular complexity index is 431. The number of anilines is 2. The molecule has 0 amide bonds. The van der Waals surface area contributed by atoms with Crippen molar-refractivity contribution in [3.05, 3.63) is 5.56 Å². The highest BCUT2D eigenvalue weighted by Gasteiger charge is 2.16. The van der Waals surface area contributed by atoms with Crippen LogP contribution in [0.2, 0.25) is 0 Å². The van der Waals surface area contributed by atoms with Gasteiger partial charge in [-0.3, -0.25) is 0 Å². The van der Waals surface area contributed by atoms with Crippen molar-refractivity contribution in [3.63, 3.8) is 0 Å². The topological polar surface area (TPSA) is 94.7 Å². The van der Waals surface area contributed by atoms with E-state index in [0.29, 0.717) is 30.2 Å². The van der Waals surface area contributed by atoms with E-state index in [1.54, 1.807) is 19.0 Å². The fraction of sp³-hybridized carbons (Fsp3) is 0.444. The minimum atomic E-state index is 0.316.